The van der Waals surface area contributed by atoms with Crippen LogP contribution in [-0.4, -0.2) is 27.0 Å². The van der Waals surface area contributed by atoms with Crippen molar-refractivity contribution in [2.45, 2.75) is 238 Å². The van der Waals surface area contributed by atoms with E-state index in [0.29, 0.717) is 12.8 Å². The minimum Gasteiger partial charge on any atom is -0.481 e. The molecule has 0 saturated carbocycles. The van der Waals surface area contributed by atoms with E-state index in [-0.39, 0.29) is 6.16 Å². The van der Waals surface area contributed by atoms with Gasteiger partial charge in [-0.05, 0) is 12.8 Å². The van der Waals surface area contributed by atoms with Gasteiger partial charge in [-0.3, -0.25) is 9.36 Å². The van der Waals surface area contributed by atoms with E-state index < -0.39 is 13.6 Å². The Kier molecular flexibility index (Phi) is 36.1. The Morgan fingerprint density at radius 2 is 0.467 bits per heavy atom. The van der Waals surface area contributed by atoms with Crippen molar-refractivity contribution in [3.05, 3.63) is 0 Å². The van der Waals surface area contributed by atoms with Gasteiger partial charge in [0, 0.05) is 12.6 Å². The van der Waals surface area contributed by atoms with E-state index >= 15 is 0 Å². The average Bonchev–Trinajstić information content (AvgIpc) is 2.99. The molecule has 270 valence electrons. The van der Waals surface area contributed by atoms with Crippen molar-refractivity contribution in [3.8, 4) is 0 Å². The molecule has 6 heteroatoms. The predicted octanol–water partition coefficient (Wildman–Crippen LogP) is 13.7. The first-order valence-electron chi connectivity index (χ1n) is 20.2. The van der Waals surface area contributed by atoms with Crippen LogP contribution in [0.3, 0.4) is 0 Å². The molecule has 0 radical (unpaired) electrons. The maximum Gasteiger partial charge on any atom is 0.325 e. The highest BCUT2D eigenvalue weighted by atomic mass is 31.2. The smallest absolute Gasteiger partial charge is 0.325 e. The third-order valence-corrected chi connectivity index (χ3v) is 10.5. The summed E-state index contributed by atoms with van der Waals surface area (Å²) in [6.07, 6.45) is 48.3. The molecule has 0 heterocycles. The van der Waals surface area contributed by atoms with E-state index in [4.69, 9.17) is 14.9 Å². The fourth-order valence-corrected chi connectivity index (χ4v) is 7.24. The highest BCUT2D eigenvalue weighted by molar-refractivity contribution is 7.51. The zero-order valence-electron chi connectivity index (χ0n) is 30.0. The lowest BCUT2D eigenvalue weighted by Crippen LogP contribution is -1.93. The van der Waals surface area contributed by atoms with Crippen LogP contribution in [0.4, 0.5) is 0 Å². The number of hydrogen-bond donors (Lipinski definition) is 3. The SMILES string of the molecule is O=C(O)CCCCCCCCCCCCCCCCCCCCCCCCCCCCCCCCCCCCCCP(=O)(O)O. The maximum absolute atomic E-state index is 10.8. The summed E-state index contributed by atoms with van der Waals surface area (Å²) >= 11 is 0. The first kappa shape index (κ1) is 44.6. The molecular formula is C39H79O5P. The third-order valence-electron chi connectivity index (χ3n) is 9.59. The molecule has 0 aliphatic carbocycles. The van der Waals surface area contributed by atoms with E-state index in [2.05, 4.69) is 0 Å². The Balaban J connectivity index is 3.06. The molecule has 0 unspecified atom stereocenters. The fourth-order valence-electron chi connectivity index (χ4n) is 6.60. The zero-order valence-corrected chi connectivity index (χ0v) is 30.9. The second kappa shape index (κ2) is 36.5. The van der Waals surface area contributed by atoms with E-state index in [9.17, 15) is 9.36 Å². The quantitative estimate of drug-likeness (QED) is 0.0451. The second-order valence-corrected chi connectivity index (χ2v) is 16.0. The first-order chi connectivity index (χ1) is 21.9. The largest absolute Gasteiger partial charge is 0.481 e. The van der Waals surface area contributed by atoms with Crippen LogP contribution in [-0.2, 0) is 9.36 Å². The molecule has 0 saturated heterocycles. The Labute approximate surface area is 281 Å². The molecule has 0 aromatic heterocycles. The second-order valence-electron chi connectivity index (χ2n) is 14.3. The Morgan fingerprint density at radius 3 is 0.622 bits per heavy atom. The number of unbranched alkanes of at least 4 members (excludes halogenated alkanes) is 35. The molecule has 0 spiro atoms. The van der Waals surface area contributed by atoms with Gasteiger partial charge in [0.25, 0.3) is 0 Å². The number of carboxylic acids is 1. The standard InChI is InChI=1S/C39H79O5P/c40-39(41)37-35-33-31-29-27-25-23-21-19-17-15-13-11-9-7-5-3-1-2-4-6-8-10-12-14-16-18-20-22-24-26-28-30-32-34-36-38-45(42,43)44/h1-38H2,(H,40,41)(H2,42,43,44). The summed E-state index contributed by atoms with van der Waals surface area (Å²) in [5.74, 6) is -0.655. The lowest BCUT2D eigenvalue weighted by atomic mass is 10.0. The summed E-state index contributed by atoms with van der Waals surface area (Å²) in [6.45, 7) is 0. The molecule has 0 atom stereocenters. The Morgan fingerprint density at radius 1 is 0.311 bits per heavy atom. The fraction of sp³-hybridized carbons (Fsp3) is 0.974. The van der Waals surface area contributed by atoms with Crippen LogP contribution >= 0.6 is 7.60 Å². The number of rotatable bonds is 39. The molecule has 0 fully saturated rings. The molecule has 5 nitrogen and oxygen atoms in total. The predicted molar refractivity (Wildman–Crippen MR) is 195 cm³/mol. The van der Waals surface area contributed by atoms with Crippen molar-refractivity contribution in [3.63, 3.8) is 0 Å². The van der Waals surface area contributed by atoms with E-state index in [1.165, 1.54) is 199 Å². The van der Waals surface area contributed by atoms with Crippen LogP contribution in [0, 0.1) is 0 Å². The summed E-state index contributed by atoms with van der Waals surface area (Å²) in [6, 6.07) is 0. The maximum atomic E-state index is 10.8. The van der Waals surface area contributed by atoms with Crippen molar-refractivity contribution >= 4 is 13.6 Å². The minimum absolute atomic E-state index is 0.0561. The van der Waals surface area contributed by atoms with Crippen LogP contribution in [0.2, 0.25) is 0 Å². The molecule has 0 aromatic rings. The first-order valence-corrected chi connectivity index (χ1v) is 22.0. The Bertz CT molecular complexity index is 635. The van der Waals surface area contributed by atoms with Gasteiger partial charge >= 0.3 is 13.6 Å². The van der Waals surface area contributed by atoms with Crippen LogP contribution in [0.5, 0.6) is 0 Å². The lowest BCUT2D eigenvalue weighted by Gasteiger charge is -2.05. The third kappa shape index (κ3) is 43.6. The van der Waals surface area contributed by atoms with Crippen molar-refractivity contribution in [1.82, 2.24) is 0 Å². The molecule has 0 bridgehead atoms. The van der Waals surface area contributed by atoms with Gasteiger partial charge < -0.3 is 14.9 Å². The number of carbonyl (C=O) groups is 1. The van der Waals surface area contributed by atoms with Gasteiger partial charge in [-0.2, -0.15) is 0 Å². The molecule has 0 aromatic carbocycles. The highest BCUT2D eigenvalue weighted by Crippen LogP contribution is 2.35. The van der Waals surface area contributed by atoms with Crippen LogP contribution in [0.15, 0.2) is 0 Å². The molecule has 3 N–H and O–H groups in total. The van der Waals surface area contributed by atoms with Crippen molar-refractivity contribution < 1.29 is 24.3 Å². The minimum atomic E-state index is -3.78. The van der Waals surface area contributed by atoms with Gasteiger partial charge in [-0.25, -0.2) is 0 Å². The Hall–Kier alpha value is -0.380. The van der Waals surface area contributed by atoms with Gasteiger partial charge in [0.15, 0.2) is 0 Å². The number of hydrogen-bond acceptors (Lipinski definition) is 2. The van der Waals surface area contributed by atoms with Gasteiger partial charge in [-0.1, -0.05) is 218 Å². The molecule has 0 rings (SSSR count). The van der Waals surface area contributed by atoms with Crippen molar-refractivity contribution in [1.29, 1.82) is 0 Å². The zero-order chi connectivity index (χ0) is 32.9. The van der Waals surface area contributed by atoms with Crippen LogP contribution < -0.4 is 0 Å². The molecule has 0 aliphatic heterocycles. The summed E-state index contributed by atoms with van der Waals surface area (Å²) in [5, 5.41) is 8.64. The summed E-state index contributed by atoms with van der Waals surface area (Å²) in [5.41, 5.74) is 0. The normalized spacial score (nSPS) is 11.9. The van der Waals surface area contributed by atoms with Crippen LogP contribution in [0.1, 0.15) is 238 Å². The molecule has 45 heavy (non-hydrogen) atoms. The molecule has 0 aliphatic rings. The topological polar surface area (TPSA) is 94.8 Å². The highest BCUT2D eigenvalue weighted by Gasteiger charge is 2.10. The van der Waals surface area contributed by atoms with Gasteiger partial charge in [-0.15, -0.1) is 0 Å². The van der Waals surface area contributed by atoms with E-state index in [0.717, 1.165) is 25.7 Å². The number of carboxylic acid groups (broad SMARTS) is 1. The summed E-state index contributed by atoms with van der Waals surface area (Å²) in [4.78, 5) is 28.2. The van der Waals surface area contributed by atoms with Gasteiger partial charge in [0.1, 0.15) is 0 Å². The lowest BCUT2D eigenvalue weighted by molar-refractivity contribution is -0.137. The molecular weight excluding hydrogens is 579 g/mol. The van der Waals surface area contributed by atoms with Gasteiger partial charge in [0.2, 0.25) is 0 Å². The summed E-state index contributed by atoms with van der Waals surface area (Å²) < 4.78 is 10.8. The average molecular weight is 659 g/mol. The number of aliphatic carboxylic acids is 1. The van der Waals surface area contributed by atoms with Crippen molar-refractivity contribution in [2.75, 3.05) is 6.16 Å². The van der Waals surface area contributed by atoms with Gasteiger partial charge in [0.05, 0.1) is 0 Å². The monoisotopic (exact) mass is 659 g/mol. The summed E-state index contributed by atoms with van der Waals surface area (Å²) in [7, 11) is -3.78. The van der Waals surface area contributed by atoms with E-state index in [1.54, 1.807) is 0 Å². The molecule has 0 amide bonds. The van der Waals surface area contributed by atoms with E-state index in [1.807, 2.05) is 0 Å². The van der Waals surface area contributed by atoms with Crippen LogP contribution in [0.25, 0.3) is 0 Å². The van der Waals surface area contributed by atoms with Crippen molar-refractivity contribution in [2.24, 2.45) is 0 Å².